The third kappa shape index (κ3) is 5.28. The summed E-state index contributed by atoms with van der Waals surface area (Å²) in [5.41, 5.74) is 0. The van der Waals surface area contributed by atoms with Gasteiger partial charge in [-0.05, 0) is 49.3 Å². The quantitative estimate of drug-likeness (QED) is 0.706. The Kier molecular flexibility index (Phi) is 6.53. The van der Waals surface area contributed by atoms with Gasteiger partial charge in [0.2, 0.25) is 5.91 Å². The minimum Gasteiger partial charge on any atom is -0.354 e. The van der Waals surface area contributed by atoms with Gasteiger partial charge in [0.1, 0.15) is 0 Å². The zero-order chi connectivity index (χ0) is 16.8. The molecule has 1 amide bonds. The lowest BCUT2D eigenvalue weighted by Crippen LogP contribution is -2.33. The predicted octanol–water partition coefficient (Wildman–Crippen LogP) is 4.00. The molecule has 2 N–H and O–H groups in total. The molecule has 126 valence electrons. The monoisotopic (exact) mass is 352 g/mol. The van der Waals surface area contributed by atoms with Crippen LogP contribution < -0.4 is 5.32 Å². The summed E-state index contributed by atoms with van der Waals surface area (Å²) in [6.45, 7) is 6.98. The predicted molar refractivity (Wildman–Crippen MR) is 97.0 cm³/mol. The fourth-order valence-electron chi connectivity index (χ4n) is 2.33. The Morgan fingerprint density at radius 3 is 2.87 bits per heavy atom. The highest BCUT2D eigenvalue weighted by Gasteiger charge is 2.12. The SMILES string of the molecule is CC(C)CCC(C)NC(=O)CCn1c(-c2cccs2)n[nH]c1=S. The molecule has 1 atom stereocenters. The van der Waals surface area contributed by atoms with Crippen molar-refractivity contribution in [2.24, 2.45) is 5.92 Å². The topological polar surface area (TPSA) is 62.7 Å². The summed E-state index contributed by atoms with van der Waals surface area (Å²) >= 11 is 6.88. The van der Waals surface area contributed by atoms with E-state index in [2.05, 4.69) is 36.3 Å². The van der Waals surface area contributed by atoms with Crippen LogP contribution in [0.2, 0.25) is 0 Å². The summed E-state index contributed by atoms with van der Waals surface area (Å²) in [5, 5.41) is 12.1. The Bertz CT molecular complexity index is 673. The summed E-state index contributed by atoms with van der Waals surface area (Å²) in [4.78, 5) is 13.2. The van der Waals surface area contributed by atoms with Crippen LogP contribution in [-0.4, -0.2) is 26.7 Å². The van der Waals surface area contributed by atoms with E-state index in [0.717, 1.165) is 23.5 Å². The first-order valence-corrected chi connectivity index (χ1v) is 9.24. The molecular weight excluding hydrogens is 328 g/mol. The molecule has 0 aromatic carbocycles. The van der Waals surface area contributed by atoms with Gasteiger partial charge in [-0.15, -0.1) is 11.3 Å². The Balaban J connectivity index is 1.90. The zero-order valence-corrected chi connectivity index (χ0v) is 15.5. The Labute approximate surface area is 146 Å². The Hall–Kier alpha value is -1.47. The average Bonchev–Trinajstić information content (AvgIpc) is 3.12. The normalized spacial score (nSPS) is 12.5. The largest absolute Gasteiger partial charge is 0.354 e. The van der Waals surface area contributed by atoms with Gasteiger partial charge < -0.3 is 5.32 Å². The number of hydrogen-bond donors (Lipinski definition) is 2. The van der Waals surface area contributed by atoms with E-state index in [9.17, 15) is 4.79 Å². The van der Waals surface area contributed by atoms with Gasteiger partial charge in [0, 0.05) is 19.0 Å². The zero-order valence-electron chi connectivity index (χ0n) is 13.8. The highest BCUT2D eigenvalue weighted by atomic mass is 32.1. The van der Waals surface area contributed by atoms with E-state index in [4.69, 9.17) is 12.2 Å². The second-order valence-corrected chi connectivity index (χ2v) is 7.51. The summed E-state index contributed by atoms with van der Waals surface area (Å²) in [5.74, 6) is 1.51. The first-order valence-electron chi connectivity index (χ1n) is 7.95. The van der Waals surface area contributed by atoms with E-state index in [1.807, 2.05) is 22.1 Å². The number of carbonyl (C=O) groups is 1. The van der Waals surface area contributed by atoms with E-state index in [0.29, 0.717) is 23.7 Å². The number of hydrogen-bond acceptors (Lipinski definition) is 4. The van der Waals surface area contributed by atoms with Gasteiger partial charge in [-0.3, -0.25) is 14.5 Å². The van der Waals surface area contributed by atoms with Gasteiger partial charge in [-0.1, -0.05) is 19.9 Å². The van der Waals surface area contributed by atoms with Crippen LogP contribution in [0.5, 0.6) is 0 Å². The lowest BCUT2D eigenvalue weighted by atomic mass is 10.0. The summed E-state index contributed by atoms with van der Waals surface area (Å²) in [6.07, 6.45) is 2.53. The van der Waals surface area contributed by atoms with Crippen molar-refractivity contribution in [2.45, 2.75) is 52.6 Å². The van der Waals surface area contributed by atoms with Crippen molar-refractivity contribution in [1.82, 2.24) is 20.1 Å². The number of rotatable bonds is 8. The maximum absolute atomic E-state index is 12.1. The van der Waals surface area contributed by atoms with E-state index >= 15 is 0 Å². The van der Waals surface area contributed by atoms with Crippen molar-refractivity contribution < 1.29 is 4.79 Å². The van der Waals surface area contributed by atoms with Crippen molar-refractivity contribution in [3.63, 3.8) is 0 Å². The second-order valence-electron chi connectivity index (χ2n) is 6.17. The maximum Gasteiger partial charge on any atom is 0.222 e. The molecule has 0 fully saturated rings. The van der Waals surface area contributed by atoms with E-state index in [1.165, 1.54) is 0 Å². The Morgan fingerprint density at radius 1 is 1.43 bits per heavy atom. The molecule has 1 unspecified atom stereocenters. The van der Waals surface area contributed by atoms with E-state index < -0.39 is 0 Å². The van der Waals surface area contributed by atoms with Gasteiger partial charge in [0.15, 0.2) is 10.6 Å². The highest BCUT2D eigenvalue weighted by Crippen LogP contribution is 2.22. The maximum atomic E-state index is 12.1. The van der Waals surface area contributed by atoms with Crippen LogP contribution in [0.15, 0.2) is 17.5 Å². The summed E-state index contributed by atoms with van der Waals surface area (Å²) < 4.78 is 2.44. The Morgan fingerprint density at radius 2 is 2.22 bits per heavy atom. The van der Waals surface area contributed by atoms with Crippen LogP contribution in [0, 0.1) is 10.7 Å². The van der Waals surface area contributed by atoms with Crippen molar-refractivity contribution in [1.29, 1.82) is 0 Å². The molecule has 2 aromatic heterocycles. The second kappa shape index (κ2) is 8.40. The molecule has 5 nitrogen and oxygen atoms in total. The number of amides is 1. The molecule has 0 aliphatic carbocycles. The smallest absolute Gasteiger partial charge is 0.222 e. The third-order valence-electron chi connectivity index (χ3n) is 3.65. The molecule has 0 radical (unpaired) electrons. The fraction of sp³-hybridized carbons (Fsp3) is 0.562. The number of thiophene rings is 1. The first kappa shape index (κ1) is 17.9. The molecule has 2 rings (SSSR count). The molecule has 7 heteroatoms. The van der Waals surface area contributed by atoms with E-state index in [-0.39, 0.29) is 11.9 Å². The molecule has 0 spiro atoms. The van der Waals surface area contributed by atoms with Crippen molar-refractivity contribution >= 4 is 29.5 Å². The highest BCUT2D eigenvalue weighted by molar-refractivity contribution is 7.71. The number of aromatic nitrogens is 3. The lowest BCUT2D eigenvalue weighted by molar-refractivity contribution is -0.121. The van der Waals surface area contributed by atoms with Crippen molar-refractivity contribution in [2.75, 3.05) is 0 Å². The number of carbonyl (C=O) groups excluding carboxylic acids is 1. The fourth-order valence-corrected chi connectivity index (χ4v) is 3.28. The molecule has 2 aromatic rings. The van der Waals surface area contributed by atoms with Crippen LogP contribution >= 0.6 is 23.6 Å². The van der Waals surface area contributed by atoms with Crippen molar-refractivity contribution in [3.05, 3.63) is 22.3 Å². The van der Waals surface area contributed by atoms with Crippen LogP contribution in [0.3, 0.4) is 0 Å². The first-order chi connectivity index (χ1) is 11.0. The molecule has 0 saturated carbocycles. The third-order valence-corrected chi connectivity index (χ3v) is 4.82. The van der Waals surface area contributed by atoms with Crippen LogP contribution in [0.1, 0.15) is 40.0 Å². The molecule has 0 saturated heterocycles. The van der Waals surface area contributed by atoms with Gasteiger partial charge in [-0.2, -0.15) is 5.10 Å². The van der Waals surface area contributed by atoms with Crippen LogP contribution in [-0.2, 0) is 11.3 Å². The number of aromatic amines is 1. The molecule has 0 bridgehead atoms. The van der Waals surface area contributed by atoms with Gasteiger partial charge in [-0.25, -0.2) is 0 Å². The van der Waals surface area contributed by atoms with Crippen LogP contribution in [0.4, 0.5) is 0 Å². The molecule has 2 heterocycles. The summed E-state index contributed by atoms with van der Waals surface area (Å²) in [7, 11) is 0. The minimum atomic E-state index is 0.0569. The number of H-pyrrole nitrogens is 1. The van der Waals surface area contributed by atoms with E-state index in [1.54, 1.807) is 11.3 Å². The number of nitrogens with zero attached hydrogens (tertiary/aromatic N) is 2. The van der Waals surface area contributed by atoms with Gasteiger partial charge in [0.05, 0.1) is 4.88 Å². The average molecular weight is 353 g/mol. The van der Waals surface area contributed by atoms with Gasteiger partial charge in [0.25, 0.3) is 0 Å². The molecule has 0 aliphatic rings. The molecular formula is C16H24N4OS2. The standard InChI is InChI=1S/C16H24N4OS2/c1-11(2)6-7-12(3)17-14(21)8-9-20-15(18-19-16(20)22)13-5-4-10-23-13/h4-5,10-12H,6-9H2,1-3H3,(H,17,21)(H,19,22). The molecule has 0 aliphatic heterocycles. The summed E-state index contributed by atoms with van der Waals surface area (Å²) in [6, 6.07) is 4.18. The number of nitrogens with one attached hydrogen (secondary N) is 2. The lowest BCUT2D eigenvalue weighted by Gasteiger charge is -2.15. The van der Waals surface area contributed by atoms with Gasteiger partial charge >= 0.3 is 0 Å². The van der Waals surface area contributed by atoms with Crippen LogP contribution in [0.25, 0.3) is 10.7 Å². The minimum absolute atomic E-state index is 0.0569. The molecule has 23 heavy (non-hydrogen) atoms. The van der Waals surface area contributed by atoms with Crippen molar-refractivity contribution in [3.8, 4) is 10.7 Å².